The van der Waals surface area contributed by atoms with Crippen molar-refractivity contribution in [1.82, 2.24) is 0 Å². The average Bonchev–Trinajstić information content (AvgIpc) is 2.71. The minimum Gasteiger partial charge on any atom is -0.481 e. The summed E-state index contributed by atoms with van der Waals surface area (Å²) in [7, 11) is 0. The molecule has 0 heterocycles. The van der Waals surface area contributed by atoms with E-state index in [1.807, 2.05) is 0 Å². The van der Waals surface area contributed by atoms with Gasteiger partial charge in [-0.1, -0.05) is 110 Å². The van der Waals surface area contributed by atoms with Crippen LogP contribution in [0.25, 0.3) is 0 Å². The van der Waals surface area contributed by atoms with Gasteiger partial charge in [0.25, 0.3) is 0 Å². The third-order valence-electron chi connectivity index (χ3n) is 5.87. The van der Waals surface area contributed by atoms with Crippen molar-refractivity contribution in [2.24, 2.45) is 0 Å². The van der Waals surface area contributed by atoms with Gasteiger partial charge in [0.2, 0.25) is 0 Å². The largest absolute Gasteiger partial charge is 0.481 e. The van der Waals surface area contributed by atoms with E-state index < -0.39 is 24.1 Å². The van der Waals surface area contributed by atoms with E-state index in [4.69, 9.17) is 9.84 Å². The summed E-state index contributed by atoms with van der Waals surface area (Å²) in [5, 5.41) is 19.2. The molecule has 0 aliphatic rings. The van der Waals surface area contributed by atoms with Crippen LogP contribution in [0.15, 0.2) is 0 Å². The predicted octanol–water partition coefficient (Wildman–Crippen LogP) is 7.19. The quantitative estimate of drug-likeness (QED) is 0.129. The van der Waals surface area contributed by atoms with Crippen LogP contribution in [-0.2, 0) is 14.3 Å². The number of carbonyl (C=O) groups is 2. The monoisotopic (exact) mass is 442 g/mol. The SMILES string of the molecule is CCCCCCCCCCCCCC(O)CC(=O)OC(CCCCCCC)CC(=O)O. The molecule has 5 heteroatoms. The highest BCUT2D eigenvalue weighted by Crippen LogP contribution is 2.16. The van der Waals surface area contributed by atoms with Gasteiger partial charge in [-0.2, -0.15) is 0 Å². The van der Waals surface area contributed by atoms with Gasteiger partial charge in [-0.25, -0.2) is 0 Å². The fourth-order valence-electron chi connectivity index (χ4n) is 3.95. The number of aliphatic hydroxyl groups is 1. The number of carbonyl (C=O) groups excluding carboxylic acids is 1. The Morgan fingerprint density at radius 2 is 1.06 bits per heavy atom. The molecule has 0 fully saturated rings. The van der Waals surface area contributed by atoms with Crippen LogP contribution >= 0.6 is 0 Å². The first-order valence-electron chi connectivity index (χ1n) is 13.1. The van der Waals surface area contributed by atoms with Crippen molar-refractivity contribution in [3.63, 3.8) is 0 Å². The average molecular weight is 443 g/mol. The van der Waals surface area contributed by atoms with Crippen molar-refractivity contribution >= 4 is 11.9 Å². The lowest BCUT2D eigenvalue weighted by atomic mass is 10.0. The summed E-state index contributed by atoms with van der Waals surface area (Å²) in [6.45, 7) is 4.39. The molecule has 0 bridgehead atoms. The maximum atomic E-state index is 12.1. The van der Waals surface area contributed by atoms with Crippen LogP contribution in [0.2, 0.25) is 0 Å². The van der Waals surface area contributed by atoms with Gasteiger partial charge in [0.05, 0.1) is 18.9 Å². The molecule has 0 aromatic rings. The highest BCUT2D eigenvalue weighted by atomic mass is 16.5. The number of carboxylic acids is 1. The van der Waals surface area contributed by atoms with Gasteiger partial charge in [0.15, 0.2) is 0 Å². The second-order valence-corrected chi connectivity index (χ2v) is 9.09. The topological polar surface area (TPSA) is 83.8 Å². The zero-order valence-corrected chi connectivity index (χ0v) is 20.4. The first kappa shape index (κ1) is 29.9. The molecule has 0 spiro atoms. The molecule has 2 N–H and O–H groups in total. The van der Waals surface area contributed by atoms with Crippen LogP contribution in [0.3, 0.4) is 0 Å². The Balaban J connectivity index is 3.80. The maximum Gasteiger partial charge on any atom is 0.308 e. The molecule has 0 saturated carbocycles. The van der Waals surface area contributed by atoms with E-state index in [0.29, 0.717) is 12.8 Å². The van der Waals surface area contributed by atoms with Gasteiger partial charge in [0.1, 0.15) is 6.10 Å². The summed E-state index contributed by atoms with van der Waals surface area (Å²) >= 11 is 0. The number of esters is 1. The van der Waals surface area contributed by atoms with Gasteiger partial charge in [-0.05, 0) is 19.3 Å². The van der Waals surface area contributed by atoms with Crippen molar-refractivity contribution in [2.75, 3.05) is 0 Å². The fourth-order valence-corrected chi connectivity index (χ4v) is 3.95. The highest BCUT2D eigenvalue weighted by Gasteiger charge is 2.20. The molecule has 0 aromatic heterocycles. The van der Waals surface area contributed by atoms with Crippen molar-refractivity contribution in [3.05, 3.63) is 0 Å². The van der Waals surface area contributed by atoms with E-state index in [1.54, 1.807) is 0 Å². The molecule has 2 unspecified atom stereocenters. The van der Waals surface area contributed by atoms with E-state index in [1.165, 1.54) is 64.2 Å². The lowest BCUT2D eigenvalue weighted by Gasteiger charge is -2.17. The molecular formula is C26H50O5. The third kappa shape index (κ3) is 21.9. The van der Waals surface area contributed by atoms with Crippen LogP contribution in [0, 0.1) is 0 Å². The third-order valence-corrected chi connectivity index (χ3v) is 5.87. The van der Waals surface area contributed by atoms with E-state index >= 15 is 0 Å². The number of carboxylic acid groups (broad SMARTS) is 1. The Morgan fingerprint density at radius 3 is 1.52 bits per heavy atom. The second-order valence-electron chi connectivity index (χ2n) is 9.09. The molecule has 0 amide bonds. The van der Waals surface area contributed by atoms with Gasteiger partial charge >= 0.3 is 11.9 Å². The Labute approximate surface area is 191 Å². The molecular weight excluding hydrogens is 392 g/mol. The van der Waals surface area contributed by atoms with E-state index in [0.717, 1.165) is 38.5 Å². The second kappa shape index (κ2) is 22.1. The normalized spacial score (nSPS) is 13.1. The minimum atomic E-state index is -0.951. The summed E-state index contributed by atoms with van der Waals surface area (Å²) in [6, 6.07) is 0. The first-order valence-corrected chi connectivity index (χ1v) is 13.1. The van der Waals surface area contributed by atoms with Gasteiger partial charge in [0, 0.05) is 0 Å². The molecule has 0 rings (SSSR count). The molecule has 31 heavy (non-hydrogen) atoms. The summed E-state index contributed by atoms with van der Waals surface area (Å²) in [5.41, 5.74) is 0. The Hall–Kier alpha value is -1.10. The number of hydrogen-bond donors (Lipinski definition) is 2. The summed E-state index contributed by atoms with van der Waals surface area (Å²) in [4.78, 5) is 23.1. The summed E-state index contributed by atoms with van der Waals surface area (Å²) < 4.78 is 5.37. The van der Waals surface area contributed by atoms with Crippen molar-refractivity contribution in [3.8, 4) is 0 Å². The lowest BCUT2D eigenvalue weighted by molar-refractivity contribution is -0.155. The Kier molecular flexibility index (Phi) is 21.3. The fraction of sp³-hybridized carbons (Fsp3) is 0.923. The number of ether oxygens (including phenoxy) is 1. The smallest absolute Gasteiger partial charge is 0.308 e. The molecule has 2 atom stereocenters. The number of hydrogen-bond acceptors (Lipinski definition) is 4. The standard InChI is InChI=1S/C26H50O5/c1-3-5-7-9-10-11-12-13-14-16-17-19-23(27)21-26(30)31-24(22-25(28)29)20-18-15-8-6-4-2/h23-24,27H,3-22H2,1-2H3,(H,28,29). The highest BCUT2D eigenvalue weighted by molar-refractivity contribution is 5.71. The molecule has 5 nitrogen and oxygen atoms in total. The van der Waals surface area contributed by atoms with Crippen molar-refractivity contribution < 1.29 is 24.5 Å². The zero-order valence-electron chi connectivity index (χ0n) is 20.4. The molecule has 0 radical (unpaired) electrons. The number of unbranched alkanes of at least 4 members (excludes halogenated alkanes) is 14. The molecule has 0 aliphatic heterocycles. The molecule has 0 aromatic carbocycles. The molecule has 0 aliphatic carbocycles. The van der Waals surface area contributed by atoms with Gasteiger partial charge in [-0.3, -0.25) is 9.59 Å². The van der Waals surface area contributed by atoms with Gasteiger partial charge < -0.3 is 14.9 Å². The lowest BCUT2D eigenvalue weighted by Crippen LogP contribution is -2.24. The van der Waals surface area contributed by atoms with Crippen LogP contribution in [-0.4, -0.2) is 34.4 Å². The number of rotatable bonds is 23. The van der Waals surface area contributed by atoms with Gasteiger partial charge in [-0.15, -0.1) is 0 Å². The molecule has 184 valence electrons. The first-order chi connectivity index (χ1) is 15.0. The number of aliphatic hydroxyl groups excluding tert-OH is 1. The van der Waals surface area contributed by atoms with Crippen LogP contribution in [0.5, 0.6) is 0 Å². The zero-order chi connectivity index (χ0) is 23.2. The van der Waals surface area contributed by atoms with Crippen molar-refractivity contribution in [2.45, 2.75) is 154 Å². The van der Waals surface area contributed by atoms with Crippen molar-refractivity contribution in [1.29, 1.82) is 0 Å². The summed E-state index contributed by atoms with van der Waals surface area (Å²) in [5.74, 6) is -1.43. The van der Waals surface area contributed by atoms with E-state index in [-0.39, 0.29) is 12.8 Å². The van der Waals surface area contributed by atoms with Crippen LogP contribution in [0.4, 0.5) is 0 Å². The number of aliphatic carboxylic acids is 1. The summed E-state index contributed by atoms with van der Waals surface area (Å²) in [6.07, 6.45) is 18.9. The Morgan fingerprint density at radius 1 is 0.645 bits per heavy atom. The predicted molar refractivity (Wildman–Crippen MR) is 127 cm³/mol. The maximum absolute atomic E-state index is 12.1. The molecule has 0 saturated heterocycles. The van der Waals surface area contributed by atoms with Crippen LogP contribution < -0.4 is 0 Å². The minimum absolute atomic E-state index is 0.0380. The van der Waals surface area contributed by atoms with E-state index in [2.05, 4.69) is 13.8 Å². The van der Waals surface area contributed by atoms with Crippen LogP contribution in [0.1, 0.15) is 142 Å². The Bertz CT molecular complexity index is 424. The van der Waals surface area contributed by atoms with E-state index in [9.17, 15) is 14.7 Å².